The van der Waals surface area contributed by atoms with Gasteiger partial charge in [0.25, 0.3) is 0 Å². The van der Waals surface area contributed by atoms with Crippen LogP contribution in [0.5, 0.6) is 0 Å². The van der Waals surface area contributed by atoms with Crippen molar-refractivity contribution in [2.45, 2.75) is 39.2 Å². The molecule has 2 rings (SSSR count). The summed E-state index contributed by atoms with van der Waals surface area (Å²) in [6.45, 7) is 5.30. The average molecular weight is 277 g/mol. The van der Waals surface area contributed by atoms with Gasteiger partial charge in [0.15, 0.2) is 0 Å². The van der Waals surface area contributed by atoms with E-state index in [0.717, 1.165) is 25.8 Å². The summed E-state index contributed by atoms with van der Waals surface area (Å²) in [5.41, 5.74) is 3.91. The number of hydrogen-bond acceptors (Lipinski definition) is 3. The molecule has 2 aromatic rings. The van der Waals surface area contributed by atoms with Crippen LogP contribution in [0.4, 0.5) is 0 Å². The fourth-order valence-electron chi connectivity index (χ4n) is 2.39. The van der Waals surface area contributed by atoms with Gasteiger partial charge in [0.05, 0.1) is 11.4 Å². The molecule has 0 radical (unpaired) electrons. The predicted octanol–water partition coefficient (Wildman–Crippen LogP) is 3.33. The summed E-state index contributed by atoms with van der Waals surface area (Å²) in [6.07, 6.45) is 3.23. The van der Waals surface area contributed by atoms with E-state index in [4.69, 9.17) is 0 Å². The van der Waals surface area contributed by atoms with Gasteiger partial charge in [-0.1, -0.05) is 13.8 Å². The van der Waals surface area contributed by atoms with Crippen LogP contribution in [0.3, 0.4) is 0 Å². The van der Waals surface area contributed by atoms with E-state index in [0.29, 0.717) is 6.04 Å². The molecule has 0 spiro atoms. The van der Waals surface area contributed by atoms with Gasteiger partial charge >= 0.3 is 0 Å². The van der Waals surface area contributed by atoms with Gasteiger partial charge in [0.2, 0.25) is 0 Å². The van der Waals surface area contributed by atoms with Crippen LogP contribution in [0, 0.1) is 0 Å². The molecule has 1 atom stereocenters. The first-order valence-corrected chi connectivity index (χ1v) is 7.96. The third-order valence-electron chi connectivity index (χ3n) is 3.44. The van der Waals surface area contributed by atoms with Crippen molar-refractivity contribution in [2.75, 3.05) is 6.54 Å². The Hall–Kier alpha value is -1.13. The Kier molecular flexibility index (Phi) is 5.16. The Morgan fingerprint density at radius 3 is 2.84 bits per heavy atom. The first-order valence-electron chi connectivity index (χ1n) is 7.01. The molecule has 0 saturated heterocycles. The van der Waals surface area contributed by atoms with E-state index in [2.05, 4.69) is 47.2 Å². The molecule has 0 saturated carbocycles. The van der Waals surface area contributed by atoms with E-state index in [1.165, 1.54) is 17.0 Å². The standard InChI is InChI=1S/C15H23N3S/c1-4-13-10-15(18(3)17-13)14(16-5-2)7-6-12-8-9-19-11-12/h8-11,14,16H,4-7H2,1-3H3. The number of nitrogens with one attached hydrogen (secondary N) is 1. The van der Waals surface area contributed by atoms with Crippen LogP contribution in [0.1, 0.15) is 43.3 Å². The molecule has 104 valence electrons. The monoisotopic (exact) mass is 277 g/mol. The van der Waals surface area contributed by atoms with E-state index in [9.17, 15) is 0 Å². The van der Waals surface area contributed by atoms with Crippen LogP contribution < -0.4 is 5.32 Å². The Labute approximate surface area is 119 Å². The lowest BCUT2D eigenvalue weighted by atomic mass is 10.0. The third kappa shape index (κ3) is 3.67. The van der Waals surface area contributed by atoms with Gasteiger partial charge in [0, 0.05) is 13.1 Å². The largest absolute Gasteiger partial charge is 0.309 e. The number of hydrogen-bond donors (Lipinski definition) is 1. The van der Waals surface area contributed by atoms with Crippen molar-refractivity contribution in [1.29, 1.82) is 0 Å². The lowest BCUT2D eigenvalue weighted by molar-refractivity contribution is 0.480. The zero-order chi connectivity index (χ0) is 13.7. The molecule has 1 N–H and O–H groups in total. The van der Waals surface area contributed by atoms with Crippen molar-refractivity contribution >= 4 is 11.3 Å². The highest BCUT2D eigenvalue weighted by molar-refractivity contribution is 7.07. The smallest absolute Gasteiger partial charge is 0.0625 e. The summed E-state index contributed by atoms with van der Waals surface area (Å²) in [7, 11) is 2.05. The first kappa shape index (κ1) is 14.3. The number of thiophene rings is 1. The molecule has 0 fully saturated rings. The normalized spacial score (nSPS) is 12.8. The maximum Gasteiger partial charge on any atom is 0.0625 e. The Balaban J connectivity index is 2.07. The second-order valence-electron chi connectivity index (χ2n) is 4.82. The highest BCUT2D eigenvalue weighted by atomic mass is 32.1. The molecular formula is C15H23N3S. The molecule has 0 aliphatic heterocycles. The van der Waals surface area contributed by atoms with Crippen molar-refractivity contribution < 1.29 is 0 Å². The lowest BCUT2D eigenvalue weighted by Crippen LogP contribution is -2.23. The zero-order valence-corrected chi connectivity index (χ0v) is 12.8. The van der Waals surface area contributed by atoms with E-state index in [-0.39, 0.29) is 0 Å². The first-order chi connectivity index (χ1) is 9.24. The molecule has 3 nitrogen and oxygen atoms in total. The molecule has 0 amide bonds. The van der Waals surface area contributed by atoms with Gasteiger partial charge in [-0.3, -0.25) is 4.68 Å². The van der Waals surface area contributed by atoms with Gasteiger partial charge in [-0.05, 0) is 54.3 Å². The summed E-state index contributed by atoms with van der Waals surface area (Å²) in [4.78, 5) is 0. The fraction of sp³-hybridized carbons (Fsp3) is 0.533. The topological polar surface area (TPSA) is 29.9 Å². The molecule has 0 aliphatic carbocycles. The second-order valence-corrected chi connectivity index (χ2v) is 5.60. The number of aromatic nitrogens is 2. The quantitative estimate of drug-likeness (QED) is 0.841. The summed E-state index contributed by atoms with van der Waals surface area (Å²) in [6, 6.07) is 4.85. The predicted molar refractivity (Wildman–Crippen MR) is 81.6 cm³/mol. The van der Waals surface area contributed by atoms with Crippen molar-refractivity contribution in [3.8, 4) is 0 Å². The van der Waals surface area contributed by atoms with E-state index in [1.807, 2.05) is 11.7 Å². The van der Waals surface area contributed by atoms with Gasteiger partial charge in [0.1, 0.15) is 0 Å². The van der Waals surface area contributed by atoms with Crippen LogP contribution >= 0.6 is 11.3 Å². The highest BCUT2D eigenvalue weighted by Crippen LogP contribution is 2.21. The minimum absolute atomic E-state index is 0.391. The molecule has 4 heteroatoms. The van der Waals surface area contributed by atoms with Gasteiger partial charge < -0.3 is 5.32 Å². The Morgan fingerprint density at radius 1 is 1.42 bits per heavy atom. The van der Waals surface area contributed by atoms with Crippen LogP contribution in [-0.4, -0.2) is 16.3 Å². The molecule has 19 heavy (non-hydrogen) atoms. The number of nitrogens with zero attached hydrogens (tertiary/aromatic N) is 2. The third-order valence-corrected chi connectivity index (χ3v) is 4.17. The molecule has 2 aromatic heterocycles. The van der Waals surface area contributed by atoms with Crippen LogP contribution in [0.2, 0.25) is 0 Å². The van der Waals surface area contributed by atoms with Crippen LogP contribution in [0.25, 0.3) is 0 Å². The van der Waals surface area contributed by atoms with E-state index >= 15 is 0 Å². The molecule has 0 aromatic carbocycles. The molecule has 1 unspecified atom stereocenters. The zero-order valence-electron chi connectivity index (χ0n) is 12.0. The summed E-state index contributed by atoms with van der Waals surface area (Å²) < 4.78 is 2.03. The lowest BCUT2D eigenvalue weighted by Gasteiger charge is -2.17. The van der Waals surface area contributed by atoms with Crippen molar-refractivity contribution in [3.63, 3.8) is 0 Å². The van der Waals surface area contributed by atoms with Crippen LogP contribution in [-0.2, 0) is 19.9 Å². The maximum atomic E-state index is 4.56. The SMILES string of the molecule is CCNC(CCc1ccsc1)c1cc(CC)nn1C. The van der Waals surface area contributed by atoms with Crippen molar-refractivity contribution in [2.24, 2.45) is 7.05 Å². The van der Waals surface area contributed by atoms with Gasteiger partial charge in [-0.25, -0.2) is 0 Å². The highest BCUT2D eigenvalue weighted by Gasteiger charge is 2.15. The summed E-state index contributed by atoms with van der Waals surface area (Å²) in [5, 5.41) is 12.5. The van der Waals surface area contributed by atoms with E-state index in [1.54, 1.807) is 11.3 Å². The second kappa shape index (κ2) is 6.87. The number of rotatable bonds is 7. The van der Waals surface area contributed by atoms with Gasteiger partial charge in [-0.2, -0.15) is 16.4 Å². The minimum atomic E-state index is 0.391. The van der Waals surface area contributed by atoms with E-state index < -0.39 is 0 Å². The average Bonchev–Trinajstić information content (AvgIpc) is 3.04. The maximum absolute atomic E-state index is 4.56. The van der Waals surface area contributed by atoms with Crippen molar-refractivity contribution in [3.05, 3.63) is 39.8 Å². The Bertz CT molecular complexity index is 487. The van der Waals surface area contributed by atoms with Crippen LogP contribution in [0.15, 0.2) is 22.9 Å². The molecule has 2 heterocycles. The fourth-order valence-corrected chi connectivity index (χ4v) is 3.09. The molecule has 0 aliphatic rings. The van der Waals surface area contributed by atoms with Crippen molar-refractivity contribution in [1.82, 2.24) is 15.1 Å². The summed E-state index contributed by atoms with van der Waals surface area (Å²) >= 11 is 1.77. The number of aryl methyl sites for hydroxylation is 3. The minimum Gasteiger partial charge on any atom is -0.309 e. The molecular weight excluding hydrogens is 254 g/mol. The molecule has 0 bridgehead atoms. The Morgan fingerprint density at radius 2 is 2.26 bits per heavy atom. The summed E-state index contributed by atoms with van der Waals surface area (Å²) in [5.74, 6) is 0. The van der Waals surface area contributed by atoms with Gasteiger partial charge in [-0.15, -0.1) is 0 Å².